The third-order valence-corrected chi connectivity index (χ3v) is 8.10. The van der Waals surface area contributed by atoms with Crippen molar-refractivity contribution in [2.75, 3.05) is 0 Å². The first-order valence-electron chi connectivity index (χ1n) is 12.0. The number of fused-ring (bicyclic) bond motifs is 8. The van der Waals surface area contributed by atoms with E-state index in [1.807, 2.05) is 0 Å². The van der Waals surface area contributed by atoms with E-state index in [0.717, 1.165) is 0 Å². The van der Waals surface area contributed by atoms with Crippen molar-refractivity contribution in [2.45, 2.75) is 0 Å². The minimum Gasteiger partial charge on any atom is -0.0616 e. The summed E-state index contributed by atoms with van der Waals surface area (Å²) in [6.07, 6.45) is 0. The summed E-state index contributed by atoms with van der Waals surface area (Å²) < 4.78 is 0. The standard InChI is InChI=1S/C34H18/c1-3-11-23-21(9-1)25-13-6-14-26-22-10-2-4-12-24(22)32-28-18-16-20-8-5-7-19-15-17-27(33(28)29(19)20)31(23)34(32)30(25)26/h1-18H. The molecule has 9 aromatic carbocycles. The second-order valence-corrected chi connectivity index (χ2v) is 9.62. The van der Waals surface area contributed by atoms with Gasteiger partial charge in [0.2, 0.25) is 0 Å². The molecule has 0 spiro atoms. The highest BCUT2D eigenvalue weighted by atomic mass is 14.2. The van der Waals surface area contributed by atoms with Crippen LogP contribution in [0.2, 0.25) is 0 Å². The van der Waals surface area contributed by atoms with Gasteiger partial charge in [-0.3, -0.25) is 0 Å². The van der Waals surface area contributed by atoms with Crippen molar-refractivity contribution in [3.8, 4) is 0 Å². The molecule has 0 aromatic heterocycles. The first kappa shape index (κ1) is 17.1. The van der Waals surface area contributed by atoms with Gasteiger partial charge in [-0.15, -0.1) is 0 Å². The fourth-order valence-corrected chi connectivity index (χ4v) is 6.85. The summed E-state index contributed by atoms with van der Waals surface area (Å²) in [5.74, 6) is 0. The largest absolute Gasteiger partial charge is 0.0616 e. The van der Waals surface area contributed by atoms with Crippen molar-refractivity contribution in [1.82, 2.24) is 0 Å². The topological polar surface area (TPSA) is 0 Å². The molecule has 34 heavy (non-hydrogen) atoms. The lowest BCUT2D eigenvalue weighted by molar-refractivity contribution is 1.79. The van der Waals surface area contributed by atoms with Gasteiger partial charge in [0, 0.05) is 0 Å². The summed E-state index contributed by atoms with van der Waals surface area (Å²) in [6, 6.07) is 40.8. The van der Waals surface area contributed by atoms with Gasteiger partial charge < -0.3 is 0 Å². The second kappa shape index (κ2) is 5.73. The Hall–Kier alpha value is -4.42. The Labute approximate surface area is 195 Å². The minimum absolute atomic E-state index is 1.32. The fraction of sp³-hybridized carbons (Fsp3) is 0. The average Bonchev–Trinajstić information content (AvgIpc) is 2.91. The predicted octanol–water partition coefficient (Wildman–Crippen LogP) is 9.79. The van der Waals surface area contributed by atoms with E-state index in [2.05, 4.69) is 109 Å². The molecule has 0 bridgehead atoms. The first-order chi connectivity index (χ1) is 16.9. The van der Waals surface area contributed by atoms with E-state index in [1.165, 1.54) is 86.2 Å². The number of hydrogen-bond acceptors (Lipinski definition) is 0. The molecule has 0 aliphatic heterocycles. The van der Waals surface area contributed by atoms with Gasteiger partial charge in [0.1, 0.15) is 0 Å². The van der Waals surface area contributed by atoms with E-state index in [0.29, 0.717) is 0 Å². The van der Waals surface area contributed by atoms with E-state index in [1.54, 1.807) is 0 Å². The zero-order valence-corrected chi connectivity index (χ0v) is 18.4. The van der Waals surface area contributed by atoms with Crippen LogP contribution in [-0.4, -0.2) is 0 Å². The molecule has 0 aliphatic carbocycles. The molecule has 9 aromatic rings. The van der Waals surface area contributed by atoms with Gasteiger partial charge in [0.25, 0.3) is 0 Å². The van der Waals surface area contributed by atoms with Gasteiger partial charge in [-0.1, -0.05) is 109 Å². The molecule has 0 saturated carbocycles. The van der Waals surface area contributed by atoms with Crippen LogP contribution in [0.15, 0.2) is 109 Å². The Balaban J connectivity index is 1.82. The SMILES string of the molecule is c1cc2ccc3c4c(ccc(c1)c24)c1c2ccccc2c2cccc4c5ccccc5c3c1c42. The Morgan fingerprint density at radius 1 is 0.206 bits per heavy atom. The zero-order valence-electron chi connectivity index (χ0n) is 18.4. The lowest BCUT2D eigenvalue weighted by Crippen LogP contribution is -1.93. The van der Waals surface area contributed by atoms with E-state index < -0.39 is 0 Å². The molecule has 0 aliphatic rings. The number of rotatable bonds is 0. The molecule has 0 nitrogen and oxygen atoms in total. The van der Waals surface area contributed by atoms with Crippen molar-refractivity contribution in [3.05, 3.63) is 109 Å². The maximum absolute atomic E-state index is 2.37. The van der Waals surface area contributed by atoms with Crippen molar-refractivity contribution in [3.63, 3.8) is 0 Å². The normalized spacial score (nSPS) is 12.7. The van der Waals surface area contributed by atoms with Gasteiger partial charge in [0.05, 0.1) is 0 Å². The summed E-state index contributed by atoms with van der Waals surface area (Å²) in [4.78, 5) is 0. The summed E-state index contributed by atoms with van der Waals surface area (Å²) in [5.41, 5.74) is 0. The highest BCUT2D eigenvalue weighted by Crippen LogP contribution is 2.51. The Kier molecular flexibility index (Phi) is 2.88. The fourth-order valence-electron chi connectivity index (χ4n) is 6.85. The van der Waals surface area contributed by atoms with Crippen LogP contribution >= 0.6 is 0 Å². The van der Waals surface area contributed by atoms with Gasteiger partial charge in [-0.2, -0.15) is 0 Å². The van der Waals surface area contributed by atoms with Crippen LogP contribution in [0.1, 0.15) is 0 Å². The maximum Gasteiger partial charge on any atom is -0.000138 e. The molecule has 0 atom stereocenters. The monoisotopic (exact) mass is 426 g/mol. The van der Waals surface area contributed by atoms with E-state index in [4.69, 9.17) is 0 Å². The molecule has 154 valence electrons. The molecule has 0 amide bonds. The Morgan fingerprint density at radius 2 is 0.588 bits per heavy atom. The van der Waals surface area contributed by atoms with Crippen LogP contribution in [0.25, 0.3) is 86.2 Å². The maximum atomic E-state index is 2.37. The minimum atomic E-state index is 1.32. The lowest BCUT2D eigenvalue weighted by atomic mass is 9.81. The molecule has 0 fully saturated rings. The van der Waals surface area contributed by atoms with Gasteiger partial charge in [-0.25, -0.2) is 0 Å². The van der Waals surface area contributed by atoms with Crippen molar-refractivity contribution >= 4 is 86.2 Å². The molecule has 0 heterocycles. The summed E-state index contributed by atoms with van der Waals surface area (Å²) >= 11 is 0. The van der Waals surface area contributed by atoms with Crippen LogP contribution in [0.5, 0.6) is 0 Å². The van der Waals surface area contributed by atoms with Crippen LogP contribution in [0.3, 0.4) is 0 Å². The molecular formula is C34H18. The Morgan fingerprint density at radius 3 is 1.12 bits per heavy atom. The lowest BCUT2D eigenvalue weighted by Gasteiger charge is -2.22. The first-order valence-corrected chi connectivity index (χ1v) is 12.0. The average molecular weight is 427 g/mol. The number of benzene rings is 9. The molecule has 0 unspecified atom stereocenters. The second-order valence-electron chi connectivity index (χ2n) is 9.62. The molecule has 0 N–H and O–H groups in total. The highest BCUT2D eigenvalue weighted by molar-refractivity contribution is 6.49. The quantitative estimate of drug-likeness (QED) is 0.167. The van der Waals surface area contributed by atoms with Crippen LogP contribution in [-0.2, 0) is 0 Å². The van der Waals surface area contributed by atoms with E-state index in [9.17, 15) is 0 Å². The van der Waals surface area contributed by atoms with Crippen LogP contribution < -0.4 is 0 Å². The summed E-state index contributed by atoms with van der Waals surface area (Å²) in [7, 11) is 0. The van der Waals surface area contributed by atoms with E-state index in [-0.39, 0.29) is 0 Å². The van der Waals surface area contributed by atoms with Gasteiger partial charge in [-0.05, 0) is 86.2 Å². The number of hydrogen-bond donors (Lipinski definition) is 0. The van der Waals surface area contributed by atoms with Crippen molar-refractivity contribution < 1.29 is 0 Å². The summed E-state index contributed by atoms with van der Waals surface area (Å²) in [6.45, 7) is 0. The van der Waals surface area contributed by atoms with Crippen molar-refractivity contribution in [2.24, 2.45) is 0 Å². The molecule has 0 heteroatoms. The molecule has 9 rings (SSSR count). The van der Waals surface area contributed by atoms with Crippen LogP contribution in [0, 0.1) is 0 Å². The molecular weight excluding hydrogens is 408 g/mol. The third-order valence-electron chi connectivity index (χ3n) is 8.10. The highest BCUT2D eigenvalue weighted by Gasteiger charge is 2.22. The van der Waals surface area contributed by atoms with Gasteiger partial charge in [0.15, 0.2) is 0 Å². The smallest absolute Gasteiger partial charge is 0.000138 e. The third kappa shape index (κ3) is 1.82. The Bertz CT molecular complexity index is 2120. The summed E-state index contributed by atoms with van der Waals surface area (Å²) in [5, 5.41) is 21.8. The molecule has 0 saturated heterocycles. The predicted molar refractivity (Wildman–Crippen MR) is 149 cm³/mol. The van der Waals surface area contributed by atoms with Crippen molar-refractivity contribution in [1.29, 1.82) is 0 Å². The van der Waals surface area contributed by atoms with Gasteiger partial charge >= 0.3 is 0 Å². The van der Waals surface area contributed by atoms with E-state index >= 15 is 0 Å². The zero-order chi connectivity index (χ0) is 22.0. The van der Waals surface area contributed by atoms with Crippen LogP contribution in [0.4, 0.5) is 0 Å². The molecule has 0 radical (unpaired) electrons.